The number of aromatic nitrogens is 2. The molecule has 0 aliphatic heterocycles. The lowest BCUT2D eigenvalue weighted by Gasteiger charge is -2.18. The zero-order valence-electron chi connectivity index (χ0n) is 15.9. The van der Waals surface area contributed by atoms with E-state index in [9.17, 15) is 5.02 Å². The summed E-state index contributed by atoms with van der Waals surface area (Å²) in [6.45, 7) is 9.78. The monoisotopic (exact) mass is 340 g/mol. The lowest BCUT2D eigenvalue weighted by Crippen LogP contribution is -2.29. The summed E-state index contributed by atoms with van der Waals surface area (Å²) < 4.78 is 0. The van der Waals surface area contributed by atoms with E-state index >= 15 is 0 Å². The highest BCUT2D eigenvalue weighted by atomic mass is 16.2. The quantitative estimate of drug-likeness (QED) is 0.642. The normalized spacial score (nSPS) is 10.8. The molecule has 0 radical (unpaired) electrons. The fourth-order valence-electron chi connectivity index (χ4n) is 2.86. The number of hydrogen-bond donors (Lipinski definition) is 3. The Hall–Kier alpha value is -2.08. The minimum Gasteiger partial charge on any atom is -0.446 e. The summed E-state index contributed by atoms with van der Waals surface area (Å²) in [5, 5.41) is 16.6. The van der Waals surface area contributed by atoms with Gasteiger partial charge >= 0.3 is 6.92 Å². The molecule has 134 valence electrons. The lowest BCUT2D eigenvalue weighted by atomic mass is 9.62. The summed E-state index contributed by atoms with van der Waals surface area (Å²) in [6, 6.07) is 6.39. The molecule has 0 saturated carbocycles. The van der Waals surface area contributed by atoms with Gasteiger partial charge in [-0.1, -0.05) is 33.7 Å². The molecule has 0 spiro atoms. The molecule has 2 aromatic rings. The van der Waals surface area contributed by atoms with E-state index < -0.39 is 6.92 Å². The minimum atomic E-state index is -0.463. The van der Waals surface area contributed by atoms with Gasteiger partial charge in [-0.2, -0.15) is 4.98 Å². The molecule has 1 aromatic heterocycles. The van der Waals surface area contributed by atoms with Crippen LogP contribution in [0.4, 0.5) is 17.5 Å². The van der Waals surface area contributed by atoms with Crippen LogP contribution in [0, 0.1) is 6.92 Å². The van der Waals surface area contributed by atoms with Gasteiger partial charge in [-0.15, -0.1) is 0 Å². The Balaban J connectivity index is 2.23. The van der Waals surface area contributed by atoms with Gasteiger partial charge in [0.15, 0.2) is 0 Å². The van der Waals surface area contributed by atoms with Crippen molar-refractivity contribution in [1.82, 2.24) is 9.97 Å². The van der Waals surface area contributed by atoms with Crippen LogP contribution in [0.2, 0.25) is 6.82 Å². The molecule has 0 saturated heterocycles. The molecule has 0 atom stereocenters. The number of nitrogens with one attached hydrogen (secondary N) is 2. The van der Waals surface area contributed by atoms with Crippen LogP contribution in [0.3, 0.4) is 0 Å². The van der Waals surface area contributed by atoms with Crippen molar-refractivity contribution in [3.63, 3.8) is 0 Å². The average molecular weight is 340 g/mol. The maximum Gasteiger partial charge on any atom is 0.320 e. The molecule has 5 nitrogen and oxygen atoms in total. The maximum absolute atomic E-state index is 9.86. The van der Waals surface area contributed by atoms with E-state index in [2.05, 4.69) is 47.4 Å². The summed E-state index contributed by atoms with van der Waals surface area (Å²) in [4.78, 5) is 9.03. The highest BCUT2D eigenvalue weighted by molar-refractivity contribution is 6.65. The van der Waals surface area contributed by atoms with Crippen molar-refractivity contribution >= 4 is 29.8 Å². The van der Waals surface area contributed by atoms with E-state index in [0.29, 0.717) is 12.0 Å². The van der Waals surface area contributed by atoms with Crippen LogP contribution in [0.1, 0.15) is 44.7 Å². The van der Waals surface area contributed by atoms with Gasteiger partial charge in [0.05, 0.1) is 0 Å². The SMILES string of the molecule is CCc1cc(Nc2ncc(C)c(NC(CC)CC)n2)ccc1B(C)O. The number of benzene rings is 1. The third-order valence-corrected chi connectivity index (χ3v) is 4.53. The van der Waals surface area contributed by atoms with Crippen LogP contribution in [-0.2, 0) is 6.42 Å². The van der Waals surface area contributed by atoms with E-state index in [4.69, 9.17) is 0 Å². The summed E-state index contributed by atoms with van der Waals surface area (Å²) in [7, 11) is 0. The molecule has 0 aliphatic rings. The Bertz CT molecular complexity index is 702. The first-order valence-corrected chi connectivity index (χ1v) is 9.16. The van der Waals surface area contributed by atoms with Crippen molar-refractivity contribution in [2.24, 2.45) is 0 Å². The predicted molar refractivity (Wildman–Crippen MR) is 107 cm³/mol. The van der Waals surface area contributed by atoms with Crippen LogP contribution in [0.5, 0.6) is 0 Å². The molecule has 0 aliphatic carbocycles. The Morgan fingerprint density at radius 1 is 1.20 bits per heavy atom. The second-order valence-electron chi connectivity index (χ2n) is 6.45. The number of nitrogens with zero attached hydrogens (tertiary/aromatic N) is 2. The van der Waals surface area contributed by atoms with Gasteiger partial charge < -0.3 is 15.7 Å². The predicted octanol–water partition coefficient (Wildman–Crippen LogP) is 3.51. The number of anilines is 3. The third-order valence-electron chi connectivity index (χ3n) is 4.53. The van der Waals surface area contributed by atoms with Gasteiger partial charge in [-0.25, -0.2) is 4.98 Å². The molecule has 2 rings (SSSR count). The van der Waals surface area contributed by atoms with Crippen molar-refractivity contribution in [3.05, 3.63) is 35.5 Å². The van der Waals surface area contributed by atoms with E-state index in [0.717, 1.165) is 47.4 Å². The molecule has 0 fully saturated rings. The number of aryl methyl sites for hydroxylation is 2. The Morgan fingerprint density at radius 2 is 1.92 bits per heavy atom. The molecule has 0 amide bonds. The number of rotatable bonds is 8. The van der Waals surface area contributed by atoms with E-state index in [1.165, 1.54) is 0 Å². The molecular formula is C19H29BN4O. The molecule has 25 heavy (non-hydrogen) atoms. The Morgan fingerprint density at radius 3 is 2.52 bits per heavy atom. The lowest BCUT2D eigenvalue weighted by molar-refractivity contribution is 0.593. The van der Waals surface area contributed by atoms with Crippen molar-refractivity contribution in [2.75, 3.05) is 10.6 Å². The fourth-order valence-corrected chi connectivity index (χ4v) is 2.86. The molecule has 3 N–H and O–H groups in total. The topological polar surface area (TPSA) is 70.1 Å². The molecule has 6 heteroatoms. The summed E-state index contributed by atoms with van der Waals surface area (Å²) in [5.41, 5.74) is 4.06. The second-order valence-corrected chi connectivity index (χ2v) is 6.45. The Labute approximate surface area is 151 Å². The minimum absolute atomic E-state index is 0.415. The number of hydrogen-bond acceptors (Lipinski definition) is 5. The average Bonchev–Trinajstić information content (AvgIpc) is 2.61. The standard InChI is InChI=1S/C19H29BN4O/c1-6-14-11-16(9-10-17(14)20(5)25)23-19-21-12-13(4)18(24-19)22-15(7-2)8-3/h9-12,15,25H,6-8H2,1-5H3,(H2,21,22,23,24). The molecule has 0 bridgehead atoms. The van der Waals surface area contributed by atoms with Crippen LogP contribution in [0.15, 0.2) is 24.4 Å². The van der Waals surface area contributed by atoms with Crippen molar-refractivity contribution in [2.45, 2.75) is 59.8 Å². The van der Waals surface area contributed by atoms with Crippen LogP contribution in [-0.4, -0.2) is 27.9 Å². The smallest absolute Gasteiger partial charge is 0.320 e. The maximum atomic E-state index is 9.86. The van der Waals surface area contributed by atoms with Gasteiger partial charge in [0, 0.05) is 23.5 Å². The van der Waals surface area contributed by atoms with Gasteiger partial charge in [0.2, 0.25) is 5.95 Å². The van der Waals surface area contributed by atoms with Crippen LogP contribution >= 0.6 is 0 Å². The summed E-state index contributed by atoms with van der Waals surface area (Å²) in [6.07, 6.45) is 4.82. The van der Waals surface area contributed by atoms with Crippen LogP contribution < -0.4 is 16.1 Å². The first kappa shape index (κ1) is 19.3. The van der Waals surface area contributed by atoms with E-state index in [1.54, 1.807) is 6.82 Å². The van der Waals surface area contributed by atoms with Gasteiger partial charge in [-0.05, 0) is 49.3 Å². The fraction of sp³-hybridized carbons (Fsp3) is 0.474. The third kappa shape index (κ3) is 4.95. The summed E-state index contributed by atoms with van der Waals surface area (Å²) >= 11 is 0. The second kappa shape index (κ2) is 8.86. The van der Waals surface area contributed by atoms with Crippen LogP contribution in [0.25, 0.3) is 0 Å². The van der Waals surface area contributed by atoms with Crippen molar-refractivity contribution in [1.29, 1.82) is 0 Å². The molecular weight excluding hydrogens is 311 g/mol. The van der Waals surface area contributed by atoms with E-state index in [-0.39, 0.29) is 0 Å². The first-order chi connectivity index (χ1) is 12.0. The molecule has 0 unspecified atom stereocenters. The molecule has 1 heterocycles. The van der Waals surface area contributed by atoms with Gasteiger partial charge in [0.25, 0.3) is 0 Å². The highest BCUT2D eigenvalue weighted by Gasteiger charge is 2.13. The molecule has 1 aromatic carbocycles. The Kier molecular flexibility index (Phi) is 6.82. The van der Waals surface area contributed by atoms with Gasteiger partial charge in [0.1, 0.15) is 5.82 Å². The summed E-state index contributed by atoms with van der Waals surface area (Å²) in [5.74, 6) is 1.45. The zero-order valence-corrected chi connectivity index (χ0v) is 15.9. The largest absolute Gasteiger partial charge is 0.446 e. The van der Waals surface area contributed by atoms with Crippen molar-refractivity contribution < 1.29 is 5.02 Å². The van der Waals surface area contributed by atoms with Crippen molar-refractivity contribution in [3.8, 4) is 0 Å². The van der Waals surface area contributed by atoms with E-state index in [1.807, 2.05) is 25.3 Å². The first-order valence-electron chi connectivity index (χ1n) is 9.16. The van der Waals surface area contributed by atoms with Gasteiger partial charge in [-0.3, -0.25) is 0 Å². The highest BCUT2D eigenvalue weighted by Crippen LogP contribution is 2.19. The zero-order chi connectivity index (χ0) is 18.4.